The topological polar surface area (TPSA) is 44.4 Å². The largest absolute Gasteiger partial charge is 0.336 e. The molecule has 2 N–H and O–H groups in total. The van der Waals surface area contributed by atoms with E-state index in [1.54, 1.807) is 11.3 Å². The zero-order valence-corrected chi connectivity index (χ0v) is 13.1. The number of amides is 2. The van der Waals surface area contributed by atoms with Crippen molar-refractivity contribution in [3.8, 4) is 0 Å². The number of halogens is 2. The SMILES string of the molecule is CN(C)[C@H](CNC(=O)Nc1cc(F)cc(F)c1)c1ccsc1. The number of carbonyl (C=O) groups excluding carboxylic acids is 1. The van der Waals surface area contributed by atoms with Crippen molar-refractivity contribution in [2.24, 2.45) is 0 Å². The van der Waals surface area contributed by atoms with Crippen LogP contribution in [0.3, 0.4) is 0 Å². The molecule has 22 heavy (non-hydrogen) atoms. The molecule has 118 valence electrons. The highest BCUT2D eigenvalue weighted by Crippen LogP contribution is 2.20. The summed E-state index contributed by atoms with van der Waals surface area (Å²) in [5, 5.41) is 9.12. The van der Waals surface area contributed by atoms with Gasteiger partial charge in [-0.15, -0.1) is 0 Å². The van der Waals surface area contributed by atoms with Crippen LogP contribution in [-0.4, -0.2) is 31.6 Å². The molecular formula is C15H17F2N3OS. The Kier molecular flexibility index (Phi) is 5.46. The molecule has 1 aromatic heterocycles. The van der Waals surface area contributed by atoms with Gasteiger partial charge in [0.2, 0.25) is 0 Å². The van der Waals surface area contributed by atoms with Crippen molar-refractivity contribution in [1.29, 1.82) is 0 Å². The number of benzene rings is 1. The second-order valence-corrected chi connectivity index (χ2v) is 5.81. The van der Waals surface area contributed by atoms with Crippen molar-refractivity contribution >= 4 is 23.1 Å². The summed E-state index contributed by atoms with van der Waals surface area (Å²) in [6.45, 7) is 0.382. The van der Waals surface area contributed by atoms with Gasteiger partial charge in [0.1, 0.15) is 11.6 Å². The van der Waals surface area contributed by atoms with E-state index in [4.69, 9.17) is 0 Å². The Labute approximate surface area is 131 Å². The lowest BCUT2D eigenvalue weighted by Gasteiger charge is -2.24. The van der Waals surface area contributed by atoms with Crippen LogP contribution in [0.4, 0.5) is 19.3 Å². The van der Waals surface area contributed by atoms with Gasteiger partial charge in [0.05, 0.1) is 6.04 Å². The van der Waals surface area contributed by atoms with Crippen molar-refractivity contribution in [3.63, 3.8) is 0 Å². The van der Waals surface area contributed by atoms with Gasteiger partial charge in [-0.05, 0) is 48.6 Å². The molecule has 4 nitrogen and oxygen atoms in total. The maximum atomic E-state index is 13.1. The van der Waals surface area contributed by atoms with Crippen LogP contribution >= 0.6 is 11.3 Å². The Hall–Kier alpha value is -1.99. The number of nitrogens with one attached hydrogen (secondary N) is 2. The van der Waals surface area contributed by atoms with E-state index in [1.807, 2.05) is 35.8 Å². The average Bonchev–Trinajstić information content (AvgIpc) is 2.91. The van der Waals surface area contributed by atoms with Crippen LogP contribution in [0.1, 0.15) is 11.6 Å². The van der Waals surface area contributed by atoms with E-state index in [1.165, 1.54) is 0 Å². The van der Waals surface area contributed by atoms with E-state index in [9.17, 15) is 13.6 Å². The Bertz CT molecular complexity index is 611. The molecule has 0 aliphatic rings. The Morgan fingerprint density at radius 1 is 1.27 bits per heavy atom. The standard InChI is InChI=1S/C15H17F2N3OS/c1-20(2)14(10-3-4-22-9-10)8-18-15(21)19-13-6-11(16)5-12(17)7-13/h3-7,9,14H,8H2,1-2H3,(H2,18,19,21)/t14-/m1/s1. The summed E-state index contributed by atoms with van der Waals surface area (Å²) in [4.78, 5) is 13.8. The fourth-order valence-corrected chi connectivity index (χ4v) is 2.76. The molecule has 1 aromatic carbocycles. The lowest BCUT2D eigenvalue weighted by Crippen LogP contribution is -2.36. The van der Waals surface area contributed by atoms with Crippen molar-refractivity contribution in [2.75, 3.05) is 26.0 Å². The number of hydrogen-bond acceptors (Lipinski definition) is 3. The number of carbonyl (C=O) groups is 1. The third kappa shape index (κ3) is 4.51. The van der Waals surface area contributed by atoms with Crippen molar-refractivity contribution in [1.82, 2.24) is 10.2 Å². The highest BCUT2D eigenvalue weighted by Gasteiger charge is 2.15. The molecule has 2 amide bonds. The first kappa shape index (κ1) is 16.4. The van der Waals surface area contributed by atoms with E-state index < -0.39 is 17.7 Å². The van der Waals surface area contributed by atoms with E-state index in [-0.39, 0.29) is 11.7 Å². The summed E-state index contributed by atoms with van der Waals surface area (Å²) in [6.07, 6.45) is 0. The highest BCUT2D eigenvalue weighted by atomic mass is 32.1. The number of hydrogen-bond donors (Lipinski definition) is 2. The van der Waals surface area contributed by atoms with Crippen LogP contribution in [0.25, 0.3) is 0 Å². The van der Waals surface area contributed by atoms with Gasteiger partial charge < -0.3 is 15.5 Å². The molecule has 0 bridgehead atoms. The predicted octanol–water partition coefficient (Wildman–Crippen LogP) is 3.45. The zero-order chi connectivity index (χ0) is 16.1. The number of thiophene rings is 1. The second-order valence-electron chi connectivity index (χ2n) is 5.03. The minimum absolute atomic E-state index is 0.0289. The smallest absolute Gasteiger partial charge is 0.319 e. The molecule has 2 rings (SSSR count). The van der Waals surface area contributed by atoms with Crippen LogP contribution in [0.5, 0.6) is 0 Å². The summed E-state index contributed by atoms with van der Waals surface area (Å²) in [7, 11) is 3.84. The highest BCUT2D eigenvalue weighted by molar-refractivity contribution is 7.07. The molecule has 0 saturated heterocycles. The molecule has 0 saturated carbocycles. The lowest BCUT2D eigenvalue weighted by molar-refractivity contribution is 0.243. The van der Waals surface area contributed by atoms with Gasteiger partial charge in [-0.2, -0.15) is 11.3 Å². The molecule has 0 radical (unpaired) electrons. The van der Waals surface area contributed by atoms with Gasteiger partial charge >= 0.3 is 6.03 Å². The van der Waals surface area contributed by atoms with Crippen molar-refractivity contribution in [2.45, 2.75) is 6.04 Å². The van der Waals surface area contributed by atoms with Gasteiger partial charge in [-0.1, -0.05) is 0 Å². The maximum absolute atomic E-state index is 13.1. The summed E-state index contributed by atoms with van der Waals surface area (Å²) in [5.74, 6) is -1.47. The van der Waals surface area contributed by atoms with E-state index in [0.29, 0.717) is 6.54 Å². The van der Waals surface area contributed by atoms with Crippen molar-refractivity contribution < 1.29 is 13.6 Å². The van der Waals surface area contributed by atoms with Crippen LogP contribution in [0.2, 0.25) is 0 Å². The number of anilines is 1. The molecule has 0 aliphatic heterocycles. The number of nitrogens with zero attached hydrogens (tertiary/aromatic N) is 1. The fourth-order valence-electron chi connectivity index (χ4n) is 2.05. The average molecular weight is 325 g/mol. The van der Waals surface area contributed by atoms with Crippen LogP contribution in [0.15, 0.2) is 35.0 Å². The number of likely N-dealkylation sites (N-methyl/N-ethyl adjacent to an activating group) is 1. The molecule has 0 aliphatic carbocycles. The molecule has 0 fully saturated rings. The summed E-state index contributed by atoms with van der Waals surface area (Å²) < 4.78 is 26.1. The van der Waals surface area contributed by atoms with Gasteiger partial charge in [-0.3, -0.25) is 0 Å². The first-order valence-corrected chi connectivity index (χ1v) is 7.59. The molecule has 0 spiro atoms. The van der Waals surface area contributed by atoms with E-state index in [2.05, 4.69) is 10.6 Å². The van der Waals surface area contributed by atoms with Gasteiger partial charge in [0.25, 0.3) is 0 Å². The summed E-state index contributed by atoms with van der Waals surface area (Å²) in [5.41, 5.74) is 1.18. The molecule has 1 heterocycles. The Balaban J connectivity index is 1.94. The van der Waals surface area contributed by atoms with Gasteiger partial charge in [0, 0.05) is 18.3 Å². The first-order chi connectivity index (χ1) is 10.5. The first-order valence-electron chi connectivity index (χ1n) is 6.65. The van der Waals surface area contributed by atoms with E-state index in [0.717, 1.165) is 23.8 Å². The number of rotatable bonds is 5. The molecule has 7 heteroatoms. The summed E-state index contributed by atoms with van der Waals surface area (Å²) >= 11 is 1.59. The molecule has 1 atom stereocenters. The van der Waals surface area contributed by atoms with Gasteiger partial charge in [-0.25, -0.2) is 13.6 Å². The molecule has 2 aromatic rings. The lowest BCUT2D eigenvalue weighted by atomic mass is 10.1. The third-order valence-corrected chi connectivity index (χ3v) is 3.83. The fraction of sp³-hybridized carbons (Fsp3) is 0.267. The predicted molar refractivity (Wildman–Crippen MR) is 84.1 cm³/mol. The zero-order valence-electron chi connectivity index (χ0n) is 12.3. The quantitative estimate of drug-likeness (QED) is 0.884. The van der Waals surface area contributed by atoms with Crippen LogP contribution in [-0.2, 0) is 0 Å². The minimum Gasteiger partial charge on any atom is -0.336 e. The number of urea groups is 1. The van der Waals surface area contributed by atoms with Crippen LogP contribution in [0, 0.1) is 11.6 Å². The van der Waals surface area contributed by atoms with Crippen molar-refractivity contribution in [3.05, 3.63) is 52.2 Å². The van der Waals surface area contributed by atoms with Crippen LogP contribution < -0.4 is 10.6 Å². The summed E-state index contributed by atoms with van der Waals surface area (Å²) in [6, 6.07) is 4.39. The van der Waals surface area contributed by atoms with E-state index >= 15 is 0 Å². The Morgan fingerprint density at radius 3 is 2.50 bits per heavy atom. The molecule has 0 unspecified atom stereocenters. The normalized spacial score (nSPS) is 12.2. The Morgan fingerprint density at radius 2 is 1.95 bits per heavy atom. The minimum atomic E-state index is -0.736. The molecular weight excluding hydrogens is 308 g/mol. The second kappa shape index (κ2) is 7.33. The van der Waals surface area contributed by atoms with Gasteiger partial charge in [0.15, 0.2) is 0 Å². The maximum Gasteiger partial charge on any atom is 0.319 e. The third-order valence-electron chi connectivity index (χ3n) is 3.13. The monoisotopic (exact) mass is 325 g/mol.